The van der Waals surface area contributed by atoms with Gasteiger partial charge in [0.2, 0.25) is 0 Å². The smallest absolute Gasteiger partial charge is 0.340 e. The summed E-state index contributed by atoms with van der Waals surface area (Å²) < 4.78 is 5.30. The van der Waals surface area contributed by atoms with E-state index in [4.69, 9.17) is 9.84 Å². The van der Waals surface area contributed by atoms with Crippen molar-refractivity contribution in [2.45, 2.75) is 6.61 Å². The minimum atomic E-state index is -1.02. The summed E-state index contributed by atoms with van der Waals surface area (Å²) in [6.45, 7) is -0.0142. The van der Waals surface area contributed by atoms with Crippen LogP contribution in [0.15, 0.2) is 78.9 Å². The van der Waals surface area contributed by atoms with E-state index in [1.165, 1.54) is 12.1 Å². The molecule has 3 aromatic carbocycles. The molecular formula is C22H17NO5. The lowest BCUT2D eigenvalue weighted by molar-refractivity contribution is 0.0473. The van der Waals surface area contributed by atoms with Gasteiger partial charge in [0, 0.05) is 5.56 Å². The first-order valence-corrected chi connectivity index (χ1v) is 8.49. The van der Waals surface area contributed by atoms with Gasteiger partial charge in [0.15, 0.2) is 0 Å². The molecule has 0 atom stereocenters. The predicted molar refractivity (Wildman–Crippen MR) is 103 cm³/mol. The van der Waals surface area contributed by atoms with Crippen molar-refractivity contribution in [2.24, 2.45) is 0 Å². The number of hydrogen-bond acceptors (Lipinski definition) is 4. The number of amides is 1. The molecule has 0 fully saturated rings. The number of carbonyl (C=O) groups is 3. The second-order valence-electron chi connectivity index (χ2n) is 5.94. The van der Waals surface area contributed by atoms with Crippen LogP contribution in [0.2, 0.25) is 0 Å². The number of carboxylic acid groups (broad SMARTS) is 1. The molecular weight excluding hydrogens is 358 g/mol. The molecule has 140 valence electrons. The third kappa shape index (κ3) is 4.62. The Labute approximate surface area is 161 Å². The van der Waals surface area contributed by atoms with Crippen LogP contribution in [-0.2, 0) is 11.3 Å². The monoisotopic (exact) mass is 375 g/mol. The highest BCUT2D eigenvalue weighted by molar-refractivity contribution is 6.07. The van der Waals surface area contributed by atoms with Crippen molar-refractivity contribution >= 4 is 23.5 Å². The molecule has 0 saturated carbocycles. The SMILES string of the molecule is O=C(O)c1ccc(COC(=O)c2ccccc2NC(=O)c2ccccc2)cc1. The van der Waals surface area contributed by atoms with Crippen LogP contribution in [0.5, 0.6) is 0 Å². The molecule has 0 saturated heterocycles. The zero-order valence-corrected chi connectivity index (χ0v) is 14.8. The molecule has 1 amide bonds. The van der Waals surface area contributed by atoms with E-state index >= 15 is 0 Å². The Morgan fingerprint density at radius 2 is 1.43 bits per heavy atom. The zero-order chi connectivity index (χ0) is 19.9. The third-order valence-corrected chi connectivity index (χ3v) is 4.00. The average molecular weight is 375 g/mol. The maximum absolute atomic E-state index is 12.5. The molecule has 0 aliphatic carbocycles. The van der Waals surface area contributed by atoms with E-state index in [-0.39, 0.29) is 23.6 Å². The summed E-state index contributed by atoms with van der Waals surface area (Å²) in [5.74, 6) is -1.94. The van der Waals surface area contributed by atoms with Crippen LogP contribution in [0.3, 0.4) is 0 Å². The predicted octanol–water partition coefficient (Wildman–Crippen LogP) is 3.99. The lowest BCUT2D eigenvalue weighted by Crippen LogP contribution is -2.15. The fraction of sp³-hybridized carbons (Fsp3) is 0.0455. The fourth-order valence-corrected chi connectivity index (χ4v) is 2.52. The molecule has 6 nitrogen and oxygen atoms in total. The second-order valence-corrected chi connectivity index (χ2v) is 5.94. The highest BCUT2D eigenvalue weighted by atomic mass is 16.5. The summed E-state index contributed by atoms with van der Waals surface area (Å²) in [7, 11) is 0. The molecule has 0 aliphatic heterocycles. The number of rotatable bonds is 6. The van der Waals surface area contributed by atoms with Crippen LogP contribution >= 0.6 is 0 Å². The number of para-hydroxylation sites is 1. The van der Waals surface area contributed by atoms with Crippen LogP contribution in [0, 0.1) is 0 Å². The number of benzene rings is 3. The van der Waals surface area contributed by atoms with Crippen LogP contribution < -0.4 is 5.32 Å². The molecule has 0 unspecified atom stereocenters. The minimum Gasteiger partial charge on any atom is -0.478 e. The first-order valence-electron chi connectivity index (χ1n) is 8.49. The zero-order valence-electron chi connectivity index (χ0n) is 14.8. The van der Waals surface area contributed by atoms with Gasteiger partial charge in [-0.05, 0) is 42.0 Å². The summed E-state index contributed by atoms with van der Waals surface area (Å²) in [5.41, 5.74) is 1.87. The Bertz CT molecular complexity index is 997. The Balaban J connectivity index is 1.68. The van der Waals surface area contributed by atoms with Crippen molar-refractivity contribution in [2.75, 3.05) is 5.32 Å². The standard InChI is InChI=1S/C22H17NO5/c24-20(16-6-2-1-3-7-16)23-19-9-5-4-8-18(19)22(27)28-14-15-10-12-17(13-11-15)21(25)26/h1-13H,14H2,(H,23,24)(H,25,26). The molecule has 0 heterocycles. The average Bonchev–Trinajstić information content (AvgIpc) is 2.73. The minimum absolute atomic E-state index is 0.0142. The second kappa shape index (κ2) is 8.64. The highest BCUT2D eigenvalue weighted by Gasteiger charge is 2.15. The molecule has 0 spiro atoms. The van der Waals surface area contributed by atoms with Crippen molar-refractivity contribution in [3.63, 3.8) is 0 Å². The summed E-state index contributed by atoms with van der Waals surface area (Å²) in [5, 5.41) is 11.6. The van der Waals surface area contributed by atoms with Gasteiger partial charge >= 0.3 is 11.9 Å². The van der Waals surface area contributed by atoms with Crippen LogP contribution in [0.25, 0.3) is 0 Å². The first-order chi connectivity index (χ1) is 13.5. The summed E-state index contributed by atoms with van der Waals surface area (Å²) in [6, 6.07) is 21.3. The van der Waals surface area contributed by atoms with E-state index in [2.05, 4.69) is 5.32 Å². The number of esters is 1. The fourth-order valence-electron chi connectivity index (χ4n) is 2.52. The Hall–Kier alpha value is -3.93. The van der Waals surface area contributed by atoms with Gasteiger partial charge in [-0.25, -0.2) is 9.59 Å². The maximum Gasteiger partial charge on any atom is 0.340 e. The summed E-state index contributed by atoms with van der Waals surface area (Å²) in [6.07, 6.45) is 0. The summed E-state index contributed by atoms with van der Waals surface area (Å²) >= 11 is 0. The van der Waals surface area contributed by atoms with E-state index in [1.54, 1.807) is 60.7 Å². The van der Waals surface area contributed by atoms with E-state index in [0.717, 1.165) is 0 Å². The van der Waals surface area contributed by atoms with Gasteiger partial charge in [-0.2, -0.15) is 0 Å². The number of carbonyl (C=O) groups excluding carboxylic acids is 2. The number of ether oxygens (including phenoxy) is 1. The summed E-state index contributed by atoms with van der Waals surface area (Å²) in [4.78, 5) is 35.7. The van der Waals surface area contributed by atoms with E-state index in [1.807, 2.05) is 6.07 Å². The van der Waals surface area contributed by atoms with Crippen molar-refractivity contribution in [1.82, 2.24) is 0 Å². The topological polar surface area (TPSA) is 92.7 Å². The Kier molecular flexibility index (Phi) is 5.81. The number of aromatic carboxylic acids is 1. The molecule has 2 N–H and O–H groups in total. The third-order valence-electron chi connectivity index (χ3n) is 4.00. The van der Waals surface area contributed by atoms with E-state index in [9.17, 15) is 14.4 Å². The number of hydrogen-bond donors (Lipinski definition) is 2. The van der Waals surface area contributed by atoms with Gasteiger partial charge in [-0.15, -0.1) is 0 Å². The number of nitrogens with one attached hydrogen (secondary N) is 1. The molecule has 3 rings (SSSR count). The quantitative estimate of drug-likeness (QED) is 0.636. The van der Waals surface area contributed by atoms with Gasteiger partial charge < -0.3 is 15.2 Å². The largest absolute Gasteiger partial charge is 0.478 e. The van der Waals surface area contributed by atoms with Crippen molar-refractivity contribution in [3.8, 4) is 0 Å². The lowest BCUT2D eigenvalue weighted by Gasteiger charge is -2.11. The Morgan fingerprint density at radius 1 is 0.786 bits per heavy atom. The van der Waals surface area contributed by atoms with Crippen molar-refractivity contribution in [1.29, 1.82) is 0 Å². The van der Waals surface area contributed by atoms with Gasteiger partial charge in [-0.3, -0.25) is 4.79 Å². The van der Waals surface area contributed by atoms with Gasteiger partial charge in [0.25, 0.3) is 5.91 Å². The van der Waals surface area contributed by atoms with E-state index < -0.39 is 11.9 Å². The molecule has 0 bridgehead atoms. The molecule has 3 aromatic rings. The molecule has 6 heteroatoms. The number of carboxylic acids is 1. The van der Waals surface area contributed by atoms with Crippen molar-refractivity contribution in [3.05, 3.63) is 101 Å². The van der Waals surface area contributed by atoms with Crippen molar-refractivity contribution < 1.29 is 24.2 Å². The molecule has 0 radical (unpaired) electrons. The molecule has 0 aromatic heterocycles. The maximum atomic E-state index is 12.5. The first kappa shape index (κ1) is 18.8. The van der Waals surface area contributed by atoms with Crippen LogP contribution in [-0.4, -0.2) is 23.0 Å². The van der Waals surface area contributed by atoms with E-state index in [0.29, 0.717) is 16.8 Å². The Morgan fingerprint density at radius 3 is 2.11 bits per heavy atom. The van der Waals surface area contributed by atoms with Gasteiger partial charge in [-0.1, -0.05) is 42.5 Å². The van der Waals surface area contributed by atoms with Crippen LogP contribution in [0.1, 0.15) is 36.6 Å². The molecule has 28 heavy (non-hydrogen) atoms. The van der Waals surface area contributed by atoms with Gasteiger partial charge in [0.1, 0.15) is 6.61 Å². The molecule has 0 aliphatic rings. The number of anilines is 1. The highest BCUT2D eigenvalue weighted by Crippen LogP contribution is 2.18. The van der Waals surface area contributed by atoms with Gasteiger partial charge in [0.05, 0.1) is 16.8 Å². The normalized spacial score (nSPS) is 10.1. The van der Waals surface area contributed by atoms with Crippen LogP contribution in [0.4, 0.5) is 5.69 Å². The lowest BCUT2D eigenvalue weighted by atomic mass is 10.1.